The molecule has 2 rings (SSSR count). The molecule has 1 aromatic carbocycles. The molecule has 0 saturated heterocycles. The molecular weight excluding hydrogens is 397 g/mol. The molecule has 0 bridgehead atoms. The predicted octanol–water partition coefficient (Wildman–Crippen LogP) is 2.77. The van der Waals surface area contributed by atoms with Gasteiger partial charge in [0.25, 0.3) is 11.2 Å². The van der Waals surface area contributed by atoms with Gasteiger partial charge in [-0.25, -0.2) is 4.98 Å². The maximum Gasteiger partial charge on any atom is 0.288 e. The van der Waals surface area contributed by atoms with E-state index in [1.54, 1.807) is 13.0 Å². The molecule has 0 N–H and O–H groups in total. The van der Waals surface area contributed by atoms with Crippen LogP contribution in [-0.4, -0.2) is 14.5 Å². The third-order valence-electron chi connectivity index (χ3n) is 2.75. The predicted molar refractivity (Wildman–Crippen MR) is 83.2 cm³/mol. The van der Waals surface area contributed by atoms with Crippen LogP contribution < -0.4 is 5.56 Å². The van der Waals surface area contributed by atoms with Crippen LogP contribution in [0.15, 0.2) is 29.2 Å². The van der Waals surface area contributed by atoms with E-state index in [1.165, 1.54) is 22.9 Å². The molecule has 8 heteroatoms. The third-order valence-corrected chi connectivity index (χ3v) is 3.81. The third kappa shape index (κ3) is 2.98. The maximum atomic E-state index is 12.0. The summed E-state index contributed by atoms with van der Waals surface area (Å²) < 4.78 is 1.96. The monoisotopic (exact) mass is 405 g/mol. The van der Waals surface area contributed by atoms with Gasteiger partial charge in [-0.3, -0.25) is 19.5 Å². The minimum Gasteiger partial charge on any atom is -0.292 e. The fourth-order valence-corrected chi connectivity index (χ4v) is 2.33. The van der Waals surface area contributed by atoms with Crippen LogP contribution in [0.1, 0.15) is 11.4 Å². The standard InChI is InChI=1S/C12H9ClIN3O3/c1-7-15-5-10(14)12(18)16(7)6-8-2-3-9(13)11(4-8)17(19)20/h2-5H,6H2,1H3. The first kappa shape index (κ1) is 14.9. The van der Waals surface area contributed by atoms with Crippen LogP contribution in [0.4, 0.5) is 5.69 Å². The average molecular weight is 406 g/mol. The maximum absolute atomic E-state index is 12.0. The molecule has 0 atom stereocenters. The zero-order valence-electron chi connectivity index (χ0n) is 10.3. The molecule has 0 radical (unpaired) electrons. The number of rotatable bonds is 3. The van der Waals surface area contributed by atoms with Crippen LogP contribution >= 0.6 is 34.2 Å². The molecular formula is C12H9ClIN3O3. The number of nitro benzene ring substituents is 1. The Bertz CT molecular complexity index is 745. The van der Waals surface area contributed by atoms with E-state index in [1.807, 2.05) is 22.6 Å². The van der Waals surface area contributed by atoms with Crippen LogP contribution in [0.3, 0.4) is 0 Å². The molecule has 6 nitrogen and oxygen atoms in total. The number of aromatic nitrogens is 2. The summed E-state index contributed by atoms with van der Waals surface area (Å²) in [5.41, 5.74) is 0.277. The first-order valence-corrected chi connectivity index (χ1v) is 7.00. The van der Waals surface area contributed by atoms with Gasteiger partial charge in [0, 0.05) is 12.3 Å². The Morgan fingerprint density at radius 3 is 2.85 bits per heavy atom. The zero-order valence-corrected chi connectivity index (χ0v) is 13.3. The molecule has 1 heterocycles. The minimum atomic E-state index is -0.547. The summed E-state index contributed by atoms with van der Waals surface area (Å²) in [6, 6.07) is 4.48. The van der Waals surface area contributed by atoms with Gasteiger partial charge in [-0.05, 0) is 41.1 Å². The van der Waals surface area contributed by atoms with Gasteiger partial charge >= 0.3 is 0 Å². The summed E-state index contributed by atoms with van der Waals surface area (Å²) in [7, 11) is 0. The Morgan fingerprint density at radius 1 is 1.50 bits per heavy atom. The van der Waals surface area contributed by atoms with E-state index in [0.717, 1.165) is 0 Å². The number of aryl methyl sites for hydroxylation is 1. The van der Waals surface area contributed by atoms with E-state index < -0.39 is 4.92 Å². The molecule has 104 valence electrons. The molecule has 2 aromatic rings. The van der Waals surface area contributed by atoms with Gasteiger partial charge in [0.1, 0.15) is 10.8 Å². The lowest BCUT2D eigenvalue weighted by atomic mass is 10.2. The van der Waals surface area contributed by atoms with E-state index >= 15 is 0 Å². The van der Waals surface area contributed by atoms with Gasteiger partial charge in [0.15, 0.2) is 0 Å². The van der Waals surface area contributed by atoms with Crippen LogP contribution in [0.2, 0.25) is 5.02 Å². The topological polar surface area (TPSA) is 78.0 Å². The minimum absolute atomic E-state index is 0.0728. The number of benzene rings is 1. The van der Waals surface area contributed by atoms with Crippen molar-refractivity contribution in [1.29, 1.82) is 0 Å². The van der Waals surface area contributed by atoms with Crippen molar-refractivity contribution in [3.8, 4) is 0 Å². The number of nitro groups is 1. The normalized spacial score (nSPS) is 10.6. The van der Waals surface area contributed by atoms with Crippen LogP contribution in [0.25, 0.3) is 0 Å². The number of hydrogen-bond donors (Lipinski definition) is 0. The summed E-state index contributed by atoms with van der Waals surface area (Å²) in [6.45, 7) is 1.92. The van der Waals surface area contributed by atoms with E-state index in [-0.39, 0.29) is 22.8 Å². The first-order chi connectivity index (χ1) is 9.40. The number of hydrogen-bond acceptors (Lipinski definition) is 4. The van der Waals surface area contributed by atoms with Gasteiger partial charge < -0.3 is 0 Å². The molecule has 0 aliphatic carbocycles. The molecule has 0 aliphatic heterocycles. The smallest absolute Gasteiger partial charge is 0.288 e. The highest BCUT2D eigenvalue weighted by atomic mass is 127. The first-order valence-electron chi connectivity index (χ1n) is 5.55. The highest BCUT2D eigenvalue weighted by molar-refractivity contribution is 14.1. The summed E-state index contributed by atoms with van der Waals surface area (Å²) in [5, 5.41) is 10.9. The quantitative estimate of drug-likeness (QED) is 0.447. The Labute approximate surface area is 132 Å². The SMILES string of the molecule is Cc1ncc(I)c(=O)n1Cc1ccc(Cl)c([N+](=O)[O-])c1. The van der Waals surface area contributed by atoms with Crippen molar-refractivity contribution in [3.05, 3.63) is 64.8 Å². The van der Waals surface area contributed by atoms with Gasteiger partial charge in [-0.2, -0.15) is 0 Å². The Hall–Kier alpha value is -1.48. The Morgan fingerprint density at radius 2 is 2.20 bits per heavy atom. The van der Waals surface area contributed by atoms with E-state index in [9.17, 15) is 14.9 Å². The lowest BCUT2D eigenvalue weighted by Gasteiger charge is -2.09. The van der Waals surface area contributed by atoms with Crippen LogP contribution in [0, 0.1) is 20.6 Å². The average Bonchev–Trinajstić information content (AvgIpc) is 2.40. The molecule has 20 heavy (non-hydrogen) atoms. The van der Waals surface area contributed by atoms with Crippen molar-refractivity contribution in [2.75, 3.05) is 0 Å². The fourth-order valence-electron chi connectivity index (χ4n) is 1.72. The van der Waals surface area contributed by atoms with Crippen LogP contribution in [-0.2, 0) is 6.54 Å². The number of halogens is 2. The second-order valence-corrected chi connectivity index (χ2v) is 5.66. The second-order valence-electron chi connectivity index (χ2n) is 4.09. The van der Waals surface area contributed by atoms with Crippen molar-refractivity contribution in [1.82, 2.24) is 9.55 Å². The van der Waals surface area contributed by atoms with Gasteiger partial charge in [0.2, 0.25) is 0 Å². The molecule has 0 saturated carbocycles. The largest absolute Gasteiger partial charge is 0.292 e. The van der Waals surface area contributed by atoms with Crippen LogP contribution in [0.5, 0.6) is 0 Å². The fraction of sp³-hybridized carbons (Fsp3) is 0.167. The molecule has 0 aliphatic rings. The zero-order chi connectivity index (χ0) is 14.9. The van der Waals surface area contributed by atoms with E-state index in [2.05, 4.69) is 4.98 Å². The lowest BCUT2D eigenvalue weighted by molar-refractivity contribution is -0.384. The van der Waals surface area contributed by atoms with E-state index in [4.69, 9.17) is 11.6 Å². The summed E-state index contributed by atoms with van der Waals surface area (Å²) in [6.07, 6.45) is 1.50. The molecule has 1 aromatic heterocycles. The summed E-state index contributed by atoms with van der Waals surface area (Å²) in [5.74, 6) is 0.549. The summed E-state index contributed by atoms with van der Waals surface area (Å²) >= 11 is 7.67. The Kier molecular flexibility index (Phi) is 4.39. The van der Waals surface area contributed by atoms with Crippen molar-refractivity contribution in [2.24, 2.45) is 0 Å². The molecule has 0 amide bonds. The second kappa shape index (κ2) is 5.88. The van der Waals surface area contributed by atoms with Gasteiger partial charge in [0.05, 0.1) is 15.0 Å². The summed E-state index contributed by atoms with van der Waals surface area (Å²) in [4.78, 5) is 26.4. The van der Waals surface area contributed by atoms with Crippen molar-refractivity contribution in [2.45, 2.75) is 13.5 Å². The molecule has 0 unspecified atom stereocenters. The lowest BCUT2D eigenvalue weighted by Crippen LogP contribution is -2.26. The molecule has 0 fully saturated rings. The van der Waals surface area contributed by atoms with Gasteiger partial charge in [-0.1, -0.05) is 17.7 Å². The highest BCUT2D eigenvalue weighted by Crippen LogP contribution is 2.25. The van der Waals surface area contributed by atoms with Gasteiger partial charge in [-0.15, -0.1) is 0 Å². The number of nitrogens with zero attached hydrogens (tertiary/aromatic N) is 3. The highest BCUT2D eigenvalue weighted by Gasteiger charge is 2.14. The van der Waals surface area contributed by atoms with E-state index in [0.29, 0.717) is 15.0 Å². The Balaban J connectivity index is 2.46. The van der Waals surface area contributed by atoms with Crippen molar-refractivity contribution >= 4 is 39.9 Å². The van der Waals surface area contributed by atoms with Crippen molar-refractivity contribution < 1.29 is 4.92 Å². The van der Waals surface area contributed by atoms with Crippen molar-refractivity contribution in [3.63, 3.8) is 0 Å². The molecule has 0 spiro atoms.